The number of terminal acetylenes is 1. The highest BCUT2D eigenvalue weighted by molar-refractivity contribution is 5.96. The monoisotopic (exact) mass is 253 g/mol. The number of carbonyl (C=O) groups excluding carboxylic acids is 1. The summed E-state index contributed by atoms with van der Waals surface area (Å²) in [4.78, 5) is 13.6. The highest BCUT2D eigenvalue weighted by Crippen LogP contribution is 2.26. The molecule has 0 bridgehead atoms. The molecular weight excluding hydrogens is 242 g/mol. The van der Waals surface area contributed by atoms with E-state index in [0.717, 1.165) is 11.3 Å². The molecule has 1 atom stereocenters. The Morgan fingerprint density at radius 2 is 2.16 bits per heavy atom. The van der Waals surface area contributed by atoms with Gasteiger partial charge in [0.2, 0.25) is 11.7 Å². The van der Waals surface area contributed by atoms with Crippen molar-refractivity contribution >= 4 is 11.6 Å². The fraction of sp³-hybridized carbons (Fsp3) is 0.231. The van der Waals surface area contributed by atoms with Gasteiger partial charge in [-0.05, 0) is 29.5 Å². The van der Waals surface area contributed by atoms with Gasteiger partial charge in [-0.15, -0.1) is 22.5 Å². The van der Waals surface area contributed by atoms with Crippen LogP contribution in [0.25, 0.3) is 11.4 Å². The molecule has 6 heteroatoms. The number of benzene rings is 1. The number of nitrogens with one attached hydrogen (secondary N) is 1. The van der Waals surface area contributed by atoms with Crippen molar-refractivity contribution in [1.82, 2.24) is 20.6 Å². The molecule has 1 aliphatic rings. The SMILES string of the molecule is C#CC1CC(=O)N(c2ccc(-c3nn[nH]n3)cc2)C1. The van der Waals surface area contributed by atoms with Gasteiger partial charge in [-0.25, -0.2) is 0 Å². The van der Waals surface area contributed by atoms with Gasteiger partial charge in [0.05, 0.1) is 0 Å². The third-order valence-electron chi connectivity index (χ3n) is 3.14. The number of tetrazole rings is 1. The molecule has 6 nitrogen and oxygen atoms in total. The number of carbonyl (C=O) groups is 1. The van der Waals surface area contributed by atoms with Gasteiger partial charge in [-0.1, -0.05) is 0 Å². The van der Waals surface area contributed by atoms with E-state index in [1.807, 2.05) is 24.3 Å². The van der Waals surface area contributed by atoms with Crippen LogP contribution in [-0.4, -0.2) is 33.1 Å². The summed E-state index contributed by atoms with van der Waals surface area (Å²) < 4.78 is 0. The summed E-state index contributed by atoms with van der Waals surface area (Å²) in [6.45, 7) is 0.580. The first kappa shape index (κ1) is 11.4. The predicted octanol–water partition coefficient (Wildman–Crippen LogP) is 0.853. The number of H-pyrrole nitrogens is 1. The summed E-state index contributed by atoms with van der Waals surface area (Å²) in [5.41, 5.74) is 1.69. The van der Waals surface area contributed by atoms with Crippen LogP contribution >= 0.6 is 0 Å². The summed E-state index contributed by atoms with van der Waals surface area (Å²) in [5.74, 6) is 3.23. The van der Waals surface area contributed by atoms with Crippen molar-refractivity contribution in [3.05, 3.63) is 24.3 Å². The molecule has 1 saturated heterocycles. The van der Waals surface area contributed by atoms with E-state index >= 15 is 0 Å². The van der Waals surface area contributed by atoms with Gasteiger partial charge in [-0.3, -0.25) is 4.79 Å². The molecular formula is C13H11N5O. The van der Waals surface area contributed by atoms with Gasteiger partial charge in [0.1, 0.15) is 0 Å². The fourth-order valence-electron chi connectivity index (χ4n) is 2.14. The molecule has 94 valence electrons. The molecule has 2 heterocycles. The Bertz CT molecular complexity index is 626. The number of nitrogens with zero attached hydrogens (tertiary/aromatic N) is 4. The zero-order valence-corrected chi connectivity index (χ0v) is 10.1. The second-order valence-electron chi connectivity index (χ2n) is 4.35. The lowest BCUT2D eigenvalue weighted by Crippen LogP contribution is -2.24. The molecule has 0 radical (unpaired) electrons. The summed E-state index contributed by atoms with van der Waals surface area (Å²) in [7, 11) is 0. The van der Waals surface area contributed by atoms with Crippen LogP contribution < -0.4 is 4.90 Å². The van der Waals surface area contributed by atoms with E-state index in [-0.39, 0.29) is 11.8 Å². The first-order valence-corrected chi connectivity index (χ1v) is 5.88. The molecule has 1 N–H and O–H groups in total. The van der Waals surface area contributed by atoms with E-state index in [1.54, 1.807) is 4.90 Å². The maximum absolute atomic E-state index is 11.8. The number of hydrogen-bond acceptors (Lipinski definition) is 4. The van der Waals surface area contributed by atoms with Crippen LogP contribution in [0.5, 0.6) is 0 Å². The average Bonchev–Trinajstić information content (AvgIpc) is 3.08. The maximum Gasteiger partial charge on any atom is 0.228 e. The molecule has 1 aromatic heterocycles. The molecule has 1 fully saturated rings. The molecule has 1 aromatic carbocycles. The lowest BCUT2D eigenvalue weighted by atomic mass is 10.1. The first-order valence-electron chi connectivity index (χ1n) is 5.88. The number of amides is 1. The Morgan fingerprint density at radius 1 is 1.37 bits per heavy atom. The van der Waals surface area contributed by atoms with Crippen LogP contribution in [0, 0.1) is 18.3 Å². The smallest absolute Gasteiger partial charge is 0.228 e. The molecule has 19 heavy (non-hydrogen) atoms. The third-order valence-corrected chi connectivity index (χ3v) is 3.14. The van der Waals surface area contributed by atoms with Crippen LogP contribution in [0.1, 0.15) is 6.42 Å². The second kappa shape index (κ2) is 4.53. The molecule has 1 unspecified atom stereocenters. The van der Waals surface area contributed by atoms with Gasteiger partial charge >= 0.3 is 0 Å². The highest BCUT2D eigenvalue weighted by atomic mass is 16.2. The van der Waals surface area contributed by atoms with Crippen molar-refractivity contribution in [2.75, 3.05) is 11.4 Å². The quantitative estimate of drug-likeness (QED) is 0.805. The second-order valence-corrected chi connectivity index (χ2v) is 4.35. The summed E-state index contributed by atoms with van der Waals surface area (Å²) in [6, 6.07) is 7.44. The molecule has 3 rings (SSSR count). The molecule has 0 spiro atoms. The molecule has 1 amide bonds. The van der Waals surface area contributed by atoms with E-state index in [9.17, 15) is 4.79 Å². The molecule has 0 aliphatic carbocycles. The number of aromatic amines is 1. The van der Waals surface area contributed by atoms with E-state index in [4.69, 9.17) is 6.42 Å². The van der Waals surface area contributed by atoms with Crippen molar-refractivity contribution in [2.24, 2.45) is 5.92 Å². The van der Waals surface area contributed by atoms with Crippen LogP contribution in [0.2, 0.25) is 0 Å². The van der Waals surface area contributed by atoms with Crippen molar-refractivity contribution in [3.63, 3.8) is 0 Å². The zero-order valence-electron chi connectivity index (χ0n) is 10.1. The van der Waals surface area contributed by atoms with Gasteiger partial charge < -0.3 is 4.90 Å². The van der Waals surface area contributed by atoms with Crippen molar-refractivity contribution in [2.45, 2.75) is 6.42 Å². The Hall–Kier alpha value is -2.68. The van der Waals surface area contributed by atoms with Crippen LogP contribution in [0.3, 0.4) is 0 Å². The topological polar surface area (TPSA) is 74.8 Å². The minimum absolute atomic E-state index is 0.00406. The van der Waals surface area contributed by atoms with Crippen LogP contribution in [0.4, 0.5) is 5.69 Å². The normalized spacial score (nSPS) is 18.6. The van der Waals surface area contributed by atoms with Crippen LogP contribution in [-0.2, 0) is 4.79 Å². The minimum atomic E-state index is 0.00406. The molecule has 0 saturated carbocycles. The van der Waals surface area contributed by atoms with Crippen molar-refractivity contribution in [3.8, 4) is 23.7 Å². The van der Waals surface area contributed by atoms with Crippen molar-refractivity contribution in [1.29, 1.82) is 0 Å². The van der Waals surface area contributed by atoms with Gasteiger partial charge in [0.15, 0.2) is 0 Å². The lowest BCUT2D eigenvalue weighted by molar-refractivity contribution is -0.117. The van der Waals surface area contributed by atoms with E-state index in [1.165, 1.54) is 0 Å². The fourth-order valence-corrected chi connectivity index (χ4v) is 2.14. The van der Waals surface area contributed by atoms with Gasteiger partial charge in [0.25, 0.3) is 0 Å². The first-order chi connectivity index (χ1) is 9.28. The Morgan fingerprint density at radius 3 is 2.74 bits per heavy atom. The van der Waals surface area contributed by atoms with Crippen LogP contribution in [0.15, 0.2) is 24.3 Å². The number of hydrogen-bond donors (Lipinski definition) is 1. The zero-order chi connectivity index (χ0) is 13.2. The largest absolute Gasteiger partial charge is 0.311 e. The summed E-state index contributed by atoms with van der Waals surface area (Å²) >= 11 is 0. The third kappa shape index (κ3) is 2.06. The summed E-state index contributed by atoms with van der Waals surface area (Å²) in [6.07, 6.45) is 5.79. The maximum atomic E-state index is 11.8. The van der Waals surface area contributed by atoms with E-state index in [0.29, 0.717) is 18.8 Å². The Labute approximate surface area is 109 Å². The highest BCUT2D eigenvalue weighted by Gasteiger charge is 2.29. The van der Waals surface area contributed by atoms with Crippen molar-refractivity contribution < 1.29 is 4.79 Å². The van der Waals surface area contributed by atoms with E-state index in [2.05, 4.69) is 26.5 Å². The molecule has 2 aromatic rings. The molecule has 1 aliphatic heterocycles. The standard InChI is InChI=1S/C13H11N5O/c1-2-9-7-12(19)18(8-9)11-5-3-10(4-6-11)13-14-16-17-15-13/h1,3-6,9H,7-8H2,(H,14,15,16,17). The summed E-state index contributed by atoms with van der Waals surface area (Å²) in [5, 5.41) is 13.7. The predicted molar refractivity (Wildman–Crippen MR) is 68.9 cm³/mol. The Kier molecular flexibility index (Phi) is 2.72. The number of rotatable bonds is 2. The lowest BCUT2D eigenvalue weighted by Gasteiger charge is -2.15. The Balaban J connectivity index is 1.84. The number of aromatic nitrogens is 4. The average molecular weight is 253 g/mol. The number of anilines is 1. The van der Waals surface area contributed by atoms with Gasteiger partial charge in [-0.2, -0.15) is 5.21 Å². The minimum Gasteiger partial charge on any atom is -0.311 e. The van der Waals surface area contributed by atoms with Gasteiger partial charge in [0, 0.05) is 30.1 Å². The van der Waals surface area contributed by atoms with E-state index < -0.39 is 0 Å².